The molecule has 0 heterocycles. The lowest BCUT2D eigenvalue weighted by atomic mass is 10.0. The van der Waals surface area contributed by atoms with Gasteiger partial charge in [0.2, 0.25) is 11.8 Å². The van der Waals surface area contributed by atoms with Gasteiger partial charge in [-0.15, -0.1) is 0 Å². The fraction of sp³-hybridized carbons (Fsp3) is 0.0323. The van der Waals surface area contributed by atoms with Gasteiger partial charge in [-0.25, -0.2) is 8.78 Å². The number of benzene rings is 4. The van der Waals surface area contributed by atoms with Gasteiger partial charge in [-0.3, -0.25) is 9.59 Å². The number of amides is 2. The van der Waals surface area contributed by atoms with Gasteiger partial charge in [0.05, 0.1) is 0 Å². The minimum Gasteiger partial charge on any atom is -0.323 e. The molecule has 0 saturated heterocycles. The van der Waals surface area contributed by atoms with Gasteiger partial charge < -0.3 is 10.6 Å². The van der Waals surface area contributed by atoms with Gasteiger partial charge in [0, 0.05) is 23.5 Å². The minimum atomic E-state index is -0.322. The number of rotatable bonds is 8. The third-order valence-corrected chi connectivity index (χ3v) is 5.45. The monoisotopic (exact) mass is 494 g/mol. The van der Waals surface area contributed by atoms with E-state index in [9.17, 15) is 18.4 Å². The molecule has 0 aliphatic carbocycles. The van der Waals surface area contributed by atoms with Crippen molar-refractivity contribution in [3.8, 4) is 0 Å². The van der Waals surface area contributed by atoms with E-state index in [0.29, 0.717) is 17.8 Å². The van der Waals surface area contributed by atoms with Crippen LogP contribution < -0.4 is 10.6 Å². The molecule has 0 spiro atoms. The molecule has 4 nitrogen and oxygen atoms in total. The summed E-state index contributed by atoms with van der Waals surface area (Å²) in [6, 6.07) is 26.9. The maximum Gasteiger partial charge on any atom is 0.248 e. The average Bonchev–Trinajstić information content (AvgIpc) is 2.90. The molecule has 0 bridgehead atoms. The van der Waals surface area contributed by atoms with Gasteiger partial charge in [-0.2, -0.15) is 0 Å². The Balaban J connectivity index is 1.26. The first kappa shape index (κ1) is 25.3. The largest absolute Gasteiger partial charge is 0.323 e. The summed E-state index contributed by atoms with van der Waals surface area (Å²) in [6.45, 7) is 0. The lowest BCUT2D eigenvalue weighted by molar-refractivity contribution is -0.112. The smallest absolute Gasteiger partial charge is 0.248 e. The van der Waals surface area contributed by atoms with Crippen molar-refractivity contribution in [2.75, 3.05) is 10.6 Å². The van der Waals surface area contributed by atoms with Crippen LogP contribution in [0.15, 0.2) is 109 Å². The summed E-state index contributed by atoms with van der Waals surface area (Å²) >= 11 is 0. The normalized spacial score (nSPS) is 11.1. The first-order valence-electron chi connectivity index (χ1n) is 11.6. The van der Waals surface area contributed by atoms with Crippen LogP contribution in [0.4, 0.5) is 20.2 Å². The van der Waals surface area contributed by atoms with Crippen LogP contribution in [0.25, 0.3) is 12.2 Å². The summed E-state index contributed by atoms with van der Waals surface area (Å²) in [6.07, 6.45) is 6.74. The second-order valence-corrected chi connectivity index (χ2v) is 8.32. The standard InChI is InChI=1S/C31H24F2N2O2/c32-26-11-1-22(2-12-26)9-19-30(36)34-28-15-5-24(6-16-28)21-25-7-17-29(18-8-25)35-31(37)20-10-23-3-13-27(33)14-4-23/h1-20H,21H2,(H,34,36)(H,35,37)/b19-9+,20-10+. The molecule has 0 unspecified atom stereocenters. The Kier molecular flexibility index (Phi) is 8.34. The molecule has 0 aromatic heterocycles. The number of carbonyl (C=O) groups is 2. The Morgan fingerprint density at radius 3 is 1.24 bits per heavy atom. The molecule has 0 atom stereocenters. The van der Waals surface area contributed by atoms with E-state index in [4.69, 9.17) is 0 Å². The average molecular weight is 495 g/mol. The zero-order valence-corrected chi connectivity index (χ0v) is 19.8. The Bertz CT molecular complexity index is 1300. The number of hydrogen-bond donors (Lipinski definition) is 2. The van der Waals surface area contributed by atoms with Gasteiger partial charge in [-0.05, 0) is 89.4 Å². The molecule has 4 rings (SSSR count). The molecule has 0 fully saturated rings. The molecule has 37 heavy (non-hydrogen) atoms. The van der Waals surface area contributed by atoms with Crippen LogP contribution in [0.1, 0.15) is 22.3 Å². The Morgan fingerprint density at radius 1 is 0.541 bits per heavy atom. The van der Waals surface area contributed by atoms with E-state index >= 15 is 0 Å². The van der Waals surface area contributed by atoms with Crippen molar-refractivity contribution in [1.29, 1.82) is 0 Å². The van der Waals surface area contributed by atoms with Crippen LogP contribution in [0, 0.1) is 11.6 Å². The van der Waals surface area contributed by atoms with Gasteiger partial charge >= 0.3 is 0 Å². The minimum absolute atomic E-state index is 0.276. The second kappa shape index (κ2) is 12.2. The first-order chi connectivity index (χ1) is 17.9. The number of halogens is 2. The highest BCUT2D eigenvalue weighted by Gasteiger charge is 2.02. The summed E-state index contributed by atoms with van der Waals surface area (Å²) < 4.78 is 25.9. The summed E-state index contributed by atoms with van der Waals surface area (Å²) in [4.78, 5) is 24.3. The van der Waals surface area contributed by atoms with Gasteiger partial charge in [-0.1, -0.05) is 48.5 Å². The summed E-state index contributed by atoms with van der Waals surface area (Å²) in [5, 5.41) is 5.60. The van der Waals surface area contributed by atoms with Crippen LogP contribution in [0.2, 0.25) is 0 Å². The van der Waals surface area contributed by atoms with Crippen molar-refractivity contribution in [2.45, 2.75) is 6.42 Å². The van der Waals surface area contributed by atoms with Crippen molar-refractivity contribution < 1.29 is 18.4 Å². The molecular weight excluding hydrogens is 470 g/mol. The molecule has 0 aliphatic rings. The van der Waals surface area contributed by atoms with Crippen molar-refractivity contribution >= 4 is 35.3 Å². The van der Waals surface area contributed by atoms with Crippen LogP contribution in [0.3, 0.4) is 0 Å². The maximum atomic E-state index is 13.0. The van der Waals surface area contributed by atoms with Crippen molar-refractivity contribution in [3.05, 3.63) is 143 Å². The molecule has 2 N–H and O–H groups in total. The first-order valence-corrected chi connectivity index (χ1v) is 11.6. The van der Waals surface area contributed by atoms with Crippen molar-refractivity contribution in [2.24, 2.45) is 0 Å². The topological polar surface area (TPSA) is 58.2 Å². The van der Waals surface area contributed by atoms with E-state index in [1.165, 1.54) is 36.4 Å². The van der Waals surface area contributed by atoms with E-state index in [0.717, 1.165) is 22.3 Å². The highest BCUT2D eigenvalue weighted by molar-refractivity contribution is 6.02. The van der Waals surface area contributed by atoms with Crippen molar-refractivity contribution in [3.63, 3.8) is 0 Å². The van der Waals surface area contributed by atoms with Crippen molar-refractivity contribution in [1.82, 2.24) is 0 Å². The van der Waals surface area contributed by atoms with E-state index < -0.39 is 0 Å². The van der Waals surface area contributed by atoms with Gasteiger partial charge in [0.25, 0.3) is 0 Å². The highest BCUT2D eigenvalue weighted by atomic mass is 19.1. The fourth-order valence-electron chi connectivity index (χ4n) is 3.51. The lowest BCUT2D eigenvalue weighted by Crippen LogP contribution is -2.08. The lowest BCUT2D eigenvalue weighted by Gasteiger charge is -2.07. The third kappa shape index (κ3) is 8.11. The number of hydrogen-bond acceptors (Lipinski definition) is 2. The number of anilines is 2. The fourth-order valence-corrected chi connectivity index (χ4v) is 3.51. The molecule has 184 valence electrons. The predicted octanol–water partition coefficient (Wildman–Crippen LogP) is 6.86. The molecule has 4 aromatic carbocycles. The molecule has 0 saturated carbocycles. The van der Waals surface area contributed by atoms with Crippen LogP contribution in [-0.4, -0.2) is 11.8 Å². The van der Waals surface area contributed by atoms with Gasteiger partial charge in [0.15, 0.2) is 0 Å². The molecule has 0 aliphatic heterocycles. The number of carbonyl (C=O) groups excluding carboxylic acids is 2. The second-order valence-electron chi connectivity index (χ2n) is 8.32. The zero-order chi connectivity index (χ0) is 26.0. The SMILES string of the molecule is O=C(/C=C/c1ccc(F)cc1)Nc1ccc(Cc2ccc(NC(=O)/C=C/c3ccc(F)cc3)cc2)cc1. The summed E-state index contributed by atoms with van der Waals surface area (Å²) in [7, 11) is 0. The highest BCUT2D eigenvalue weighted by Crippen LogP contribution is 2.16. The molecule has 6 heteroatoms. The molecular formula is C31H24F2N2O2. The summed E-state index contributed by atoms with van der Waals surface area (Å²) in [5.74, 6) is -1.20. The third-order valence-electron chi connectivity index (χ3n) is 5.45. The summed E-state index contributed by atoms with van der Waals surface area (Å²) in [5.41, 5.74) is 4.95. The molecule has 0 radical (unpaired) electrons. The van der Waals surface area contributed by atoms with E-state index in [1.807, 2.05) is 48.5 Å². The molecule has 4 aromatic rings. The van der Waals surface area contributed by atoms with E-state index in [-0.39, 0.29) is 23.4 Å². The van der Waals surface area contributed by atoms with Crippen LogP contribution in [-0.2, 0) is 16.0 Å². The quantitative estimate of drug-likeness (QED) is 0.263. The Hall–Kier alpha value is -4.84. The zero-order valence-electron chi connectivity index (χ0n) is 19.8. The Labute approximate surface area is 214 Å². The Morgan fingerprint density at radius 2 is 0.892 bits per heavy atom. The van der Waals surface area contributed by atoms with Crippen LogP contribution in [0.5, 0.6) is 0 Å². The number of nitrogens with one attached hydrogen (secondary N) is 2. The van der Waals surface area contributed by atoms with E-state index in [2.05, 4.69) is 10.6 Å². The predicted molar refractivity (Wildman–Crippen MR) is 144 cm³/mol. The van der Waals surface area contributed by atoms with Gasteiger partial charge in [0.1, 0.15) is 11.6 Å². The van der Waals surface area contributed by atoms with Crippen LogP contribution >= 0.6 is 0 Å². The van der Waals surface area contributed by atoms with E-state index in [1.54, 1.807) is 36.4 Å². The molecule has 2 amide bonds. The maximum absolute atomic E-state index is 13.0.